The molecule has 2 rings (SSSR count). The minimum absolute atomic E-state index is 0.0856. The van der Waals surface area contributed by atoms with E-state index >= 15 is 0 Å². The lowest BCUT2D eigenvalue weighted by atomic mass is 10.1. The molecule has 0 bridgehead atoms. The molecule has 0 spiro atoms. The second-order valence-electron chi connectivity index (χ2n) is 2.85. The van der Waals surface area contributed by atoms with Gasteiger partial charge in [-0.15, -0.1) is 0 Å². The smallest absolute Gasteiger partial charge is 0.251 e. The Bertz CT molecular complexity index is 489. The lowest BCUT2D eigenvalue weighted by Crippen LogP contribution is -1.90. The van der Waals surface area contributed by atoms with Crippen molar-refractivity contribution in [1.29, 1.82) is 0 Å². The van der Waals surface area contributed by atoms with Gasteiger partial charge in [0.25, 0.3) is 5.69 Å². The zero-order valence-electron chi connectivity index (χ0n) is 7.25. The SMILES string of the molecule is [O-]/N=[N+](/[O-])c1cccc2ccccc12. The van der Waals surface area contributed by atoms with E-state index in [1.165, 1.54) is 0 Å². The van der Waals surface area contributed by atoms with E-state index in [1.807, 2.05) is 24.3 Å². The highest BCUT2D eigenvalue weighted by molar-refractivity contribution is 5.90. The van der Waals surface area contributed by atoms with Gasteiger partial charge in [0.15, 0.2) is 0 Å². The fraction of sp³-hybridized carbons (Fsp3) is 0. The van der Waals surface area contributed by atoms with Gasteiger partial charge in [-0.1, -0.05) is 35.2 Å². The van der Waals surface area contributed by atoms with Gasteiger partial charge in [-0.25, -0.2) is 0 Å². The molecule has 0 unspecified atom stereocenters. The summed E-state index contributed by atoms with van der Waals surface area (Å²) in [6.07, 6.45) is 0. The molecule has 4 heteroatoms. The minimum atomic E-state index is 0.0856. The van der Waals surface area contributed by atoms with Crippen molar-refractivity contribution in [2.24, 2.45) is 5.28 Å². The van der Waals surface area contributed by atoms with Crippen LogP contribution in [0, 0.1) is 10.4 Å². The monoisotopic (exact) mass is 187 g/mol. The number of rotatable bonds is 1. The van der Waals surface area contributed by atoms with E-state index in [0.29, 0.717) is 0 Å². The Morgan fingerprint density at radius 1 is 1.00 bits per heavy atom. The van der Waals surface area contributed by atoms with Crippen molar-refractivity contribution in [3.05, 3.63) is 52.9 Å². The van der Waals surface area contributed by atoms with Crippen LogP contribution in [-0.2, 0) is 0 Å². The molecule has 0 aliphatic heterocycles. The summed E-state index contributed by atoms with van der Waals surface area (Å²) < 4.78 is 0. The third-order valence-electron chi connectivity index (χ3n) is 2.05. The number of hydrogen-bond acceptors (Lipinski definition) is 3. The van der Waals surface area contributed by atoms with Crippen LogP contribution in [0.2, 0.25) is 0 Å². The quantitative estimate of drug-likeness (QED) is 0.391. The first-order chi connectivity index (χ1) is 6.83. The van der Waals surface area contributed by atoms with Crippen molar-refractivity contribution in [1.82, 2.24) is 0 Å². The fourth-order valence-electron chi connectivity index (χ4n) is 1.42. The molecule has 0 fully saturated rings. The number of fused-ring (bicyclic) bond motifs is 1. The molecular weight excluding hydrogens is 180 g/mol. The van der Waals surface area contributed by atoms with Crippen LogP contribution in [0.5, 0.6) is 0 Å². The van der Waals surface area contributed by atoms with Gasteiger partial charge in [0.1, 0.15) is 0 Å². The van der Waals surface area contributed by atoms with Gasteiger partial charge >= 0.3 is 0 Å². The molecule has 14 heavy (non-hydrogen) atoms. The maximum atomic E-state index is 11.1. The van der Waals surface area contributed by atoms with E-state index < -0.39 is 0 Å². The molecule has 0 heterocycles. The van der Waals surface area contributed by atoms with Crippen molar-refractivity contribution < 1.29 is 4.86 Å². The van der Waals surface area contributed by atoms with Crippen LogP contribution in [0.25, 0.3) is 10.8 Å². The maximum absolute atomic E-state index is 11.1. The van der Waals surface area contributed by atoms with Crippen molar-refractivity contribution >= 4 is 16.5 Å². The van der Waals surface area contributed by atoms with Crippen LogP contribution in [-0.4, -0.2) is 4.86 Å². The summed E-state index contributed by atoms with van der Waals surface area (Å²) >= 11 is 0. The van der Waals surface area contributed by atoms with E-state index in [0.717, 1.165) is 10.8 Å². The third kappa shape index (κ3) is 1.26. The molecule has 0 aliphatic rings. The summed E-state index contributed by atoms with van der Waals surface area (Å²) in [6, 6.07) is 12.5. The summed E-state index contributed by atoms with van der Waals surface area (Å²) in [5, 5.41) is 25.2. The van der Waals surface area contributed by atoms with Gasteiger partial charge in [-0.3, -0.25) is 0 Å². The minimum Gasteiger partial charge on any atom is -0.739 e. The number of benzene rings is 2. The van der Waals surface area contributed by atoms with Gasteiger partial charge < -0.3 is 10.4 Å². The summed E-state index contributed by atoms with van der Waals surface area (Å²) in [5.41, 5.74) is 0.276. The Hall–Kier alpha value is -2.10. The van der Waals surface area contributed by atoms with Crippen molar-refractivity contribution in [3.63, 3.8) is 0 Å². The Morgan fingerprint density at radius 2 is 1.71 bits per heavy atom. The van der Waals surface area contributed by atoms with E-state index in [-0.39, 0.29) is 10.5 Å². The van der Waals surface area contributed by atoms with Crippen LogP contribution >= 0.6 is 0 Å². The predicted molar refractivity (Wildman–Crippen MR) is 53.0 cm³/mol. The predicted octanol–water partition coefficient (Wildman–Crippen LogP) is 2.93. The lowest BCUT2D eigenvalue weighted by molar-refractivity contribution is -0.434. The second kappa shape index (κ2) is 3.33. The molecule has 2 aromatic rings. The molecule has 0 amide bonds. The van der Waals surface area contributed by atoms with Crippen LogP contribution in [0.3, 0.4) is 0 Å². The normalized spacial score (nSPS) is 11.9. The van der Waals surface area contributed by atoms with E-state index in [4.69, 9.17) is 0 Å². The van der Waals surface area contributed by atoms with Gasteiger partial charge in [-0.05, 0) is 16.7 Å². The average Bonchev–Trinajstić information content (AvgIpc) is 2.27. The van der Waals surface area contributed by atoms with Gasteiger partial charge in [0.05, 0.1) is 5.39 Å². The molecule has 0 saturated carbocycles. The molecule has 4 nitrogen and oxygen atoms in total. The van der Waals surface area contributed by atoms with Gasteiger partial charge in [0.2, 0.25) is 0 Å². The molecule has 0 atom stereocenters. The van der Waals surface area contributed by atoms with Crippen LogP contribution in [0.4, 0.5) is 5.69 Å². The zero-order valence-corrected chi connectivity index (χ0v) is 7.25. The highest BCUT2D eigenvalue weighted by Gasteiger charge is 2.06. The average molecular weight is 187 g/mol. The molecule has 2 aromatic carbocycles. The molecular formula is C10H7N2O2-. The number of nitrogens with zero attached hydrogens (tertiary/aromatic N) is 2. The van der Waals surface area contributed by atoms with E-state index in [9.17, 15) is 10.4 Å². The van der Waals surface area contributed by atoms with Crippen molar-refractivity contribution in [3.8, 4) is 0 Å². The Morgan fingerprint density at radius 3 is 2.50 bits per heavy atom. The molecule has 0 N–H and O–H groups in total. The topological polar surface area (TPSA) is 61.5 Å². The van der Waals surface area contributed by atoms with Gasteiger partial charge in [-0.2, -0.15) is 0 Å². The molecule has 70 valence electrons. The number of hydrogen-bond donors (Lipinski definition) is 0. The molecule has 0 saturated heterocycles. The van der Waals surface area contributed by atoms with Crippen molar-refractivity contribution in [2.75, 3.05) is 0 Å². The van der Waals surface area contributed by atoms with Crippen molar-refractivity contribution in [2.45, 2.75) is 0 Å². The van der Waals surface area contributed by atoms with Crippen LogP contribution < -0.4 is 0 Å². The lowest BCUT2D eigenvalue weighted by Gasteiger charge is -2.04. The highest BCUT2D eigenvalue weighted by Crippen LogP contribution is 2.24. The Labute approximate surface area is 80.3 Å². The maximum Gasteiger partial charge on any atom is 0.251 e. The van der Waals surface area contributed by atoms with Crippen LogP contribution in [0.15, 0.2) is 47.7 Å². The first-order valence-corrected chi connectivity index (χ1v) is 4.11. The summed E-state index contributed by atoms with van der Waals surface area (Å²) in [6.45, 7) is 0. The summed E-state index contributed by atoms with van der Waals surface area (Å²) in [4.78, 5) is 0.0856. The molecule has 0 aromatic heterocycles. The largest absolute Gasteiger partial charge is 0.739 e. The first kappa shape index (κ1) is 8.50. The van der Waals surface area contributed by atoms with E-state index in [1.54, 1.807) is 18.2 Å². The third-order valence-corrected chi connectivity index (χ3v) is 2.05. The fourth-order valence-corrected chi connectivity index (χ4v) is 1.42. The Kier molecular flexibility index (Phi) is 2.02. The molecule has 0 aliphatic carbocycles. The molecule has 0 radical (unpaired) electrons. The zero-order chi connectivity index (χ0) is 9.97. The van der Waals surface area contributed by atoms with Crippen LogP contribution in [0.1, 0.15) is 0 Å². The standard InChI is InChI=1S/C10H8N2O2/c13-11-12(14)10-7-3-5-8-4-1-2-6-9(8)10/h1-7,13H/p-1/b12-11+. The van der Waals surface area contributed by atoms with Gasteiger partial charge in [0, 0.05) is 6.07 Å². The Balaban J connectivity index is 2.77. The second-order valence-corrected chi connectivity index (χ2v) is 2.85. The first-order valence-electron chi connectivity index (χ1n) is 4.11. The van der Waals surface area contributed by atoms with E-state index in [2.05, 4.69) is 5.28 Å². The highest BCUT2D eigenvalue weighted by atomic mass is 16.6. The summed E-state index contributed by atoms with van der Waals surface area (Å²) in [5.74, 6) is 0. The summed E-state index contributed by atoms with van der Waals surface area (Å²) in [7, 11) is 0.